The summed E-state index contributed by atoms with van der Waals surface area (Å²) in [5.74, 6) is -2.27. The molecule has 2 heterocycles. The highest BCUT2D eigenvalue weighted by molar-refractivity contribution is 5.95. The highest BCUT2D eigenvalue weighted by atomic mass is 19.4. The molecule has 2 aromatic rings. The Balaban J connectivity index is 2.10. The van der Waals surface area contributed by atoms with Gasteiger partial charge in [0.1, 0.15) is 18.1 Å². The first-order valence-electron chi connectivity index (χ1n) is 9.78. The number of amides is 1. The third kappa shape index (κ3) is 4.89. The largest absolute Gasteiger partial charge is 0.416 e. The molecular weight excluding hydrogens is 421 g/mol. The molecule has 2 atom stereocenters. The average molecular weight is 445 g/mol. The van der Waals surface area contributed by atoms with Crippen molar-refractivity contribution >= 4 is 5.91 Å². The van der Waals surface area contributed by atoms with Crippen LogP contribution in [0, 0.1) is 5.82 Å². The molecular formula is C21H24F5N3O2. The Bertz CT molecular complexity index is 1050. The van der Waals surface area contributed by atoms with Gasteiger partial charge in [-0.2, -0.15) is 18.2 Å². The number of hydrogen-bond donors (Lipinski definition) is 0. The number of carbonyl (C=O) groups is 1. The molecule has 3 rings (SSSR count). The molecule has 1 aromatic heterocycles. The smallest absolute Gasteiger partial charge is 0.373 e. The van der Waals surface area contributed by atoms with Crippen LogP contribution in [0.1, 0.15) is 48.8 Å². The molecule has 1 fully saturated rings. The number of ether oxygens (including phenoxy) is 1. The highest BCUT2D eigenvalue weighted by Crippen LogP contribution is 2.30. The molecule has 170 valence electrons. The Morgan fingerprint density at radius 3 is 2.45 bits per heavy atom. The lowest BCUT2D eigenvalue weighted by Gasteiger charge is -2.22. The maximum atomic E-state index is 14.1. The van der Waals surface area contributed by atoms with Gasteiger partial charge in [-0.15, -0.1) is 0 Å². The SMILES string of the molecule is Cn1c(C(C)(C)C)c/c(=N/C(=O)c2cc(C(F)(F)F)ccc2F)n1C[C@H]1OCC[C@H]1F. The zero-order chi connectivity index (χ0) is 23.1. The maximum absolute atomic E-state index is 14.1. The van der Waals surface area contributed by atoms with Crippen molar-refractivity contribution in [1.82, 2.24) is 9.36 Å². The van der Waals surface area contributed by atoms with Crippen LogP contribution in [0.3, 0.4) is 0 Å². The standard InChI is InChI=1S/C21H24F5N3O2/c1-20(2,3)17-10-18(29(28(17)4)11-16-15(23)7-8-31-16)27-19(30)13-9-12(21(24,25)26)5-6-14(13)22/h5-6,9-10,15-16H,7-8,11H2,1-4H3/b27-18-/t15-,16-/m1/s1. The number of aromatic nitrogens is 2. The summed E-state index contributed by atoms with van der Waals surface area (Å²) in [6.07, 6.45) is -6.42. The Labute approximate surface area is 176 Å². The fourth-order valence-corrected chi connectivity index (χ4v) is 3.57. The fraction of sp³-hybridized carbons (Fsp3) is 0.524. The van der Waals surface area contributed by atoms with E-state index in [0.717, 1.165) is 5.69 Å². The average Bonchev–Trinajstić information content (AvgIpc) is 3.19. The Morgan fingerprint density at radius 1 is 1.23 bits per heavy atom. The molecule has 0 aliphatic carbocycles. The molecule has 0 radical (unpaired) electrons. The molecule has 5 nitrogen and oxygen atoms in total. The molecule has 1 saturated heterocycles. The summed E-state index contributed by atoms with van der Waals surface area (Å²) in [7, 11) is 1.71. The molecule has 1 amide bonds. The van der Waals surface area contributed by atoms with E-state index < -0.39 is 41.3 Å². The molecule has 10 heteroatoms. The lowest BCUT2D eigenvalue weighted by atomic mass is 9.92. The van der Waals surface area contributed by atoms with Crippen LogP contribution < -0.4 is 5.49 Å². The second-order valence-electron chi connectivity index (χ2n) is 8.57. The number of benzene rings is 1. The van der Waals surface area contributed by atoms with E-state index in [1.807, 2.05) is 20.8 Å². The van der Waals surface area contributed by atoms with Gasteiger partial charge in [0.05, 0.1) is 24.3 Å². The zero-order valence-corrected chi connectivity index (χ0v) is 17.6. The molecule has 0 unspecified atom stereocenters. The maximum Gasteiger partial charge on any atom is 0.416 e. The Hall–Kier alpha value is -2.49. The Morgan fingerprint density at radius 2 is 1.90 bits per heavy atom. The third-order valence-corrected chi connectivity index (χ3v) is 5.23. The van der Waals surface area contributed by atoms with Gasteiger partial charge in [-0.3, -0.25) is 14.2 Å². The number of alkyl halides is 4. The van der Waals surface area contributed by atoms with Crippen molar-refractivity contribution in [1.29, 1.82) is 0 Å². The van der Waals surface area contributed by atoms with E-state index in [1.54, 1.807) is 17.8 Å². The molecule has 31 heavy (non-hydrogen) atoms. The third-order valence-electron chi connectivity index (χ3n) is 5.23. The van der Waals surface area contributed by atoms with Crippen LogP contribution in [0.25, 0.3) is 0 Å². The first kappa shape index (κ1) is 23.2. The minimum atomic E-state index is -4.73. The van der Waals surface area contributed by atoms with Crippen molar-refractivity contribution < 1.29 is 31.5 Å². The minimum absolute atomic E-state index is 0.0466. The van der Waals surface area contributed by atoms with Crippen LogP contribution in [0.15, 0.2) is 29.3 Å². The summed E-state index contributed by atoms with van der Waals surface area (Å²) in [5, 5.41) is 0. The molecule has 1 aromatic carbocycles. The monoisotopic (exact) mass is 445 g/mol. The zero-order valence-electron chi connectivity index (χ0n) is 17.6. The van der Waals surface area contributed by atoms with E-state index in [9.17, 15) is 26.7 Å². The summed E-state index contributed by atoms with van der Waals surface area (Å²) < 4.78 is 75.8. The molecule has 0 saturated carbocycles. The van der Waals surface area contributed by atoms with Gasteiger partial charge in [-0.1, -0.05) is 20.8 Å². The van der Waals surface area contributed by atoms with Gasteiger partial charge >= 0.3 is 6.18 Å². The van der Waals surface area contributed by atoms with E-state index in [1.165, 1.54) is 4.68 Å². The van der Waals surface area contributed by atoms with Gasteiger partial charge in [0.15, 0.2) is 5.49 Å². The second kappa shape index (κ2) is 8.22. The highest BCUT2D eigenvalue weighted by Gasteiger charge is 2.33. The molecule has 0 spiro atoms. The summed E-state index contributed by atoms with van der Waals surface area (Å²) in [6, 6.07) is 3.18. The Kier molecular flexibility index (Phi) is 6.14. The van der Waals surface area contributed by atoms with E-state index in [4.69, 9.17) is 4.74 Å². The quantitative estimate of drug-likeness (QED) is 0.667. The number of halogens is 5. The van der Waals surface area contributed by atoms with Crippen LogP contribution in [-0.4, -0.2) is 34.2 Å². The minimum Gasteiger partial charge on any atom is -0.373 e. The van der Waals surface area contributed by atoms with E-state index in [2.05, 4.69) is 4.99 Å². The molecule has 1 aliphatic rings. The number of carbonyl (C=O) groups excluding carboxylic acids is 1. The molecule has 1 aliphatic heterocycles. The van der Waals surface area contributed by atoms with Crippen LogP contribution in [0.5, 0.6) is 0 Å². The van der Waals surface area contributed by atoms with Crippen molar-refractivity contribution in [2.45, 2.75) is 57.6 Å². The lowest BCUT2D eigenvalue weighted by molar-refractivity contribution is -0.137. The van der Waals surface area contributed by atoms with Crippen molar-refractivity contribution in [2.24, 2.45) is 12.0 Å². The van der Waals surface area contributed by atoms with Crippen LogP contribution in [-0.2, 0) is 29.9 Å². The van der Waals surface area contributed by atoms with Crippen molar-refractivity contribution in [2.75, 3.05) is 6.61 Å². The summed E-state index contributed by atoms with van der Waals surface area (Å²) >= 11 is 0. The van der Waals surface area contributed by atoms with Gasteiger partial charge < -0.3 is 4.74 Å². The van der Waals surface area contributed by atoms with Gasteiger partial charge in [-0.05, 0) is 18.2 Å². The number of rotatable bonds is 3. The van der Waals surface area contributed by atoms with E-state index >= 15 is 0 Å². The van der Waals surface area contributed by atoms with Gasteiger partial charge in [0.2, 0.25) is 0 Å². The van der Waals surface area contributed by atoms with E-state index in [0.29, 0.717) is 18.2 Å². The first-order valence-corrected chi connectivity index (χ1v) is 9.78. The predicted octanol–water partition coefficient (Wildman–Crippen LogP) is 4.15. The number of hydrogen-bond acceptors (Lipinski definition) is 2. The molecule has 0 N–H and O–H groups in total. The first-order chi connectivity index (χ1) is 14.3. The normalized spacial score (nSPS) is 20.5. The van der Waals surface area contributed by atoms with Gasteiger partial charge in [0, 0.05) is 30.6 Å². The second-order valence-corrected chi connectivity index (χ2v) is 8.57. The van der Waals surface area contributed by atoms with Crippen LogP contribution in [0.2, 0.25) is 0 Å². The van der Waals surface area contributed by atoms with Gasteiger partial charge in [0.25, 0.3) is 5.91 Å². The van der Waals surface area contributed by atoms with Crippen molar-refractivity contribution in [3.63, 3.8) is 0 Å². The fourth-order valence-electron chi connectivity index (χ4n) is 3.57. The summed E-state index contributed by atoms with van der Waals surface area (Å²) in [4.78, 5) is 16.5. The van der Waals surface area contributed by atoms with E-state index in [-0.39, 0.29) is 30.5 Å². The summed E-state index contributed by atoms with van der Waals surface area (Å²) in [5.41, 5.74) is -1.49. The van der Waals surface area contributed by atoms with Crippen molar-refractivity contribution in [3.8, 4) is 0 Å². The lowest BCUT2D eigenvalue weighted by Crippen LogP contribution is -2.33. The number of nitrogens with zero attached hydrogens (tertiary/aromatic N) is 3. The molecule has 0 bridgehead atoms. The summed E-state index contributed by atoms with van der Waals surface area (Å²) in [6.45, 7) is 6.09. The van der Waals surface area contributed by atoms with Crippen LogP contribution in [0.4, 0.5) is 22.0 Å². The van der Waals surface area contributed by atoms with Crippen LogP contribution >= 0.6 is 0 Å². The van der Waals surface area contributed by atoms with Gasteiger partial charge in [-0.25, -0.2) is 8.78 Å². The van der Waals surface area contributed by atoms with Crippen molar-refractivity contribution in [3.05, 3.63) is 52.4 Å². The topological polar surface area (TPSA) is 48.5 Å². The predicted molar refractivity (Wildman–Crippen MR) is 103 cm³/mol.